The van der Waals surface area contributed by atoms with E-state index in [2.05, 4.69) is 30.7 Å². The summed E-state index contributed by atoms with van der Waals surface area (Å²) in [6.07, 6.45) is 5.87. The molecule has 0 bridgehead atoms. The topological polar surface area (TPSA) is 99.4 Å². The van der Waals surface area contributed by atoms with Gasteiger partial charge in [0.25, 0.3) is 5.91 Å². The second kappa shape index (κ2) is 5.44. The van der Waals surface area contributed by atoms with Crippen molar-refractivity contribution in [2.75, 3.05) is 6.54 Å². The summed E-state index contributed by atoms with van der Waals surface area (Å²) < 4.78 is 0. The molecule has 2 aromatic rings. The summed E-state index contributed by atoms with van der Waals surface area (Å²) in [7, 11) is 0. The van der Waals surface area contributed by atoms with Crippen molar-refractivity contribution in [3.63, 3.8) is 0 Å². The number of aryl methyl sites for hydroxylation is 2. The van der Waals surface area contributed by atoms with Gasteiger partial charge in [-0.1, -0.05) is 0 Å². The first-order chi connectivity index (χ1) is 9.74. The second-order valence-electron chi connectivity index (χ2n) is 5.20. The molecule has 1 saturated carbocycles. The minimum atomic E-state index is -0.211. The fraction of sp³-hybridized carbons (Fsp3) is 0.538. The Morgan fingerprint density at radius 1 is 1.45 bits per heavy atom. The van der Waals surface area contributed by atoms with E-state index in [0.29, 0.717) is 12.5 Å². The van der Waals surface area contributed by atoms with E-state index in [1.165, 1.54) is 5.56 Å². The number of carbonyl (C=O) groups excluding carboxylic acids is 1. The van der Waals surface area contributed by atoms with Gasteiger partial charge in [0.1, 0.15) is 5.82 Å². The van der Waals surface area contributed by atoms with Crippen LogP contribution < -0.4 is 5.32 Å². The lowest BCUT2D eigenvalue weighted by Gasteiger charge is -2.02. The number of rotatable bonds is 6. The molecule has 7 heteroatoms. The molecule has 0 radical (unpaired) electrons. The molecule has 7 nitrogen and oxygen atoms in total. The van der Waals surface area contributed by atoms with Crippen molar-refractivity contribution < 1.29 is 4.79 Å². The normalized spacial score (nSPS) is 14.4. The van der Waals surface area contributed by atoms with Crippen LogP contribution in [0.3, 0.4) is 0 Å². The summed E-state index contributed by atoms with van der Waals surface area (Å²) in [4.78, 5) is 16.1. The van der Waals surface area contributed by atoms with E-state index in [1.807, 2.05) is 13.1 Å². The van der Waals surface area contributed by atoms with E-state index in [-0.39, 0.29) is 11.7 Å². The second-order valence-corrected chi connectivity index (χ2v) is 5.20. The molecule has 0 aromatic carbocycles. The fourth-order valence-corrected chi connectivity index (χ4v) is 2.10. The lowest BCUT2D eigenvalue weighted by atomic mass is 10.1. The van der Waals surface area contributed by atoms with Gasteiger partial charge in [-0.05, 0) is 38.2 Å². The van der Waals surface area contributed by atoms with Gasteiger partial charge in [0.05, 0.1) is 6.20 Å². The standard InChI is InChI=1S/C13H18N6O/c1-8-10(7-15-17-8)3-2-6-14-13(20)12-16-11(18-19-12)9-4-5-9/h7,9H,2-6H2,1H3,(H,14,20)(H,15,17)(H,16,18,19). The first-order valence-corrected chi connectivity index (χ1v) is 6.93. The van der Waals surface area contributed by atoms with Gasteiger partial charge in [0.15, 0.2) is 0 Å². The molecule has 2 heterocycles. The Bertz CT molecular complexity index is 598. The summed E-state index contributed by atoms with van der Waals surface area (Å²) in [6, 6.07) is 0. The molecule has 0 aliphatic heterocycles. The molecule has 0 unspecified atom stereocenters. The van der Waals surface area contributed by atoms with Crippen LogP contribution in [0.1, 0.15) is 52.9 Å². The third-order valence-electron chi connectivity index (χ3n) is 3.51. The first kappa shape index (κ1) is 12.8. The third-order valence-corrected chi connectivity index (χ3v) is 3.51. The minimum absolute atomic E-state index is 0.211. The summed E-state index contributed by atoms with van der Waals surface area (Å²) in [5, 5.41) is 16.5. The van der Waals surface area contributed by atoms with Crippen LogP contribution in [0.25, 0.3) is 0 Å². The predicted octanol–water partition coefficient (Wildman–Crippen LogP) is 1.08. The molecule has 3 N–H and O–H groups in total. The zero-order valence-corrected chi connectivity index (χ0v) is 11.4. The van der Waals surface area contributed by atoms with Crippen molar-refractivity contribution in [1.29, 1.82) is 0 Å². The van der Waals surface area contributed by atoms with Crippen molar-refractivity contribution in [2.24, 2.45) is 0 Å². The van der Waals surface area contributed by atoms with Crippen LogP contribution in [0.2, 0.25) is 0 Å². The van der Waals surface area contributed by atoms with Crippen molar-refractivity contribution in [3.05, 3.63) is 29.1 Å². The van der Waals surface area contributed by atoms with Crippen LogP contribution in [0.15, 0.2) is 6.20 Å². The lowest BCUT2D eigenvalue weighted by Crippen LogP contribution is -2.26. The van der Waals surface area contributed by atoms with Crippen LogP contribution in [0.5, 0.6) is 0 Å². The number of hydrogen-bond donors (Lipinski definition) is 3. The maximum Gasteiger partial charge on any atom is 0.290 e. The van der Waals surface area contributed by atoms with Crippen molar-refractivity contribution in [2.45, 2.75) is 38.5 Å². The lowest BCUT2D eigenvalue weighted by molar-refractivity contribution is 0.0943. The van der Waals surface area contributed by atoms with Crippen LogP contribution >= 0.6 is 0 Å². The van der Waals surface area contributed by atoms with E-state index < -0.39 is 0 Å². The van der Waals surface area contributed by atoms with Gasteiger partial charge >= 0.3 is 0 Å². The molecule has 1 aliphatic carbocycles. The zero-order chi connectivity index (χ0) is 13.9. The number of H-pyrrole nitrogens is 2. The highest BCUT2D eigenvalue weighted by atomic mass is 16.2. The smallest absolute Gasteiger partial charge is 0.290 e. The zero-order valence-electron chi connectivity index (χ0n) is 11.4. The molecule has 0 atom stereocenters. The number of amides is 1. The van der Waals surface area contributed by atoms with E-state index in [9.17, 15) is 4.79 Å². The summed E-state index contributed by atoms with van der Waals surface area (Å²) >= 11 is 0. The van der Waals surface area contributed by atoms with Gasteiger partial charge in [0.2, 0.25) is 5.82 Å². The van der Waals surface area contributed by atoms with Crippen LogP contribution in [0.4, 0.5) is 0 Å². The van der Waals surface area contributed by atoms with E-state index in [0.717, 1.165) is 37.2 Å². The quantitative estimate of drug-likeness (QED) is 0.686. The average molecular weight is 274 g/mol. The molecular weight excluding hydrogens is 256 g/mol. The number of nitrogens with one attached hydrogen (secondary N) is 3. The number of aromatic amines is 2. The number of nitrogens with zero attached hydrogens (tertiary/aromatic N) is 3. The molecular formula is C13H18N6O. The molecule has 0 saturated heterocycles. The Morgan fingerprint density at radius 3 is 3.00 bits per heavy atom. The molecule has 106 valence electrons. The maximum absolute atomic E-state index is 11.9. The number of aromatic nitrogens is 5. The van der Waals surface area contributed by atoms with Gasteiger partial charge in [-0.15, -0.1) is 5.10 Å². The molecule has 3 rings (SSSR count). The molecule has 1 amide bonds. The Hall–Kier alpha value is -2.18. The van der Waals surface area contributed by atoms with Crippen molar-refractivity contribution in [3.8, 4) is 0 Å². The van der Waals surface area contributed by atoms with Crippen molar-refractivity contribution in [1.82, 2.24) is 30.7 Å². The van der Waals surface area contributed by atoms with E-state index in [4.69, 9.17) is 0 Å². The highest BCUT2D eigenvalue weighted by molar-refractivity contribution is 5.90. The number of hydrogen-bond acceptors (Lipinski definition) is 4. The number of carbonyl (C=O) groups is 1. The SMILES string of the molecule is Cc1[nH]ncc1CCCNC(=O)c1n[nH]c(C2CC2)n1. The van der Waals surface area contributed by atoms with Crippen LogP contribution in [-0.4, -0.2) is 37.8 Å². The van der Waals surface area contributed by atoms with Gasteiger partial charge in [0, 0.05) is 18.2 Å². The molecule has 1 aliphatic rings. The predicted molar refractivity (Wildman–Crippen MR) is 72.3 cm³/mol. The Kier molecular flexibility index (Phi) is 3.49. The monoisotopic (exact) mass is 274 g/mol. The molecule has 20 heavy (non-hydrogen) atoms. The highest BCUT2D eigenvalue weighted by Crippen LogP contribution is 2.37. The largest absolute Gasteiger partial charge is 0.349 e. The summed E-state index contributed by atoms with van der Waals surface area (Å²) in [5.41, 5.74) is 2.27. The van der Waals surface area contributed by atoms with E-state index in [1.54, 1.807) is 0 Å². The Labute approximate surface area is 116 Å². The Balaban J connectivity index is 1.43. The van der Waals surface area contributed by atoms with E-state index >= 15 is 0 Å². The molecule has 0 spiro atoms. The summed E-state index contributed by atoms with van der Waals surface area (Å²) in [6.45, 7) is 2.60. The molecule has 2 aromatic heterocycles. The van der Waals surface area contributed by atoms with Crippen LogP contribution in [-0.2, 0) is 6.42 Å². The van der Waals surface area contributed by atoms with Gasteiger partial charge in [-0.25, -0.2) is 4.98 Å². The molecule has 1 fully saturated rings. The fourth-order valence-electron chi connectivity index (χ4n) is 2.10. The third kappa shape index (κ3) is 2.87. The maximum atomic E-state index is 11.9. The summed E-state index contributed by atoms with van der Waals surface area (Å²) in [5.74, 6) is 1.35. The van der Waals surface area contributed by atoms with Crippen molar-refractivity contribution >= 4 is 5.91 Å². The highest BCUT2D eigenvalue weighted by Gasteiger charge is 2.28. The Morgan fingerprint density at radius 2 is 2.30 bits per heavy atom. The average Bonchev–Trinajstić information content (AvgIpc) is 3.03. The van der Waals surface area contributed by atoms with Gasteiger partial charge in [-0.3, -0.25) is 15.0 Å². The minimum Gasteiger partial charge on any atom is -0.349 e. The van der Waals surface area contributed by atoms with Gasteiger partial charge in [-0.2, -0.15) is 5.10 Å². The van der Waals surface area contributed by atoms with Crippen LogP contribution in [0, 0.1) is 6.92 Å². The van der Waals surface area contributed by atoms with Gasteiger partial charge < -0.3 is 5.32 Å². The first-order valence-electron chi connectivity index (χ1n) is 6.93.